The fraction of sp³-hybridized carbons (Fsp3) is 0.360. The average molecular weight is 526 g/mol. The molecule has 0 fully saturated rings. The summed E-state index contributed by atoms with van der Waals surface area (Å²) in [7, 11) is -1.72. The number of imidazole rings is 1. The molecule has 194 valence electrons. The van der Waals surface area contributed by atoms with Gasteiger partial charge in [0.15, 0.2) is 5.65 Å². The summed E-state index contributed by atoms with van der Waals surface area (Å²) in [6.07, 6.45) is 3.88. The molecule has 0 aliphatic carbocycles. The number of nitrogens with one attached hydrogen (secondary N) is 2. The molecule has 4 N–H and O–H groups in total. The van der Waals surface area contributed by atoms with Crippen molar-refractivity contribution in [2.75, 3.05) is 6.54 Å². The van der Waals surface area contributed by atoms with Gasteiger partial charge in [0.1, 0.15) is 5.15 Å². The van der Waals surface area contributed by atoms with Gasteiger partial charge in [-0.15, -0.1) is 0 Å². The number of hydrogen-bond acceptors (Lipinski definition) is 7. The quantitative estimate of drug-likeness (QED) is 0.299. The Morgan fingerprint density at radius 2 is 1.97 bits per heavy atom. The van der Waals surface area contributed by atoms with E-state index in [1.165, 1.54) is 6.20 Å². The van der Waals surface area contributed by atoms with Gasteiger partial charge in [0.05, 0.1) is 30.0 Å². The van der Waals surface area contributed by atoms with Crippen LogP contribution >= 0.6 is 11.6 Å². The predicted octanol–water partition coefficient (Wildman–Crippen LogP) is 2.02. The molecule has 3 aromatic rings. The van der Waals surface area contributed by atoms with E-state index in [1.807, 2.05) is 44.2 Å². The van der Waals surface area contributed by atoms with E-state index in [1.54, 1.807) is 22.7 Å². The molecule has 2 atom stereocenters. The molecule has 0 spiro atoms. The third kappa shape index (κ3) is 6.12. The zero-order valence-electron chi connectivity index (χ0n) is 20.6. The first-order chi connectivity index (χ1) is 17.7. The van der Waals surface area contributed by atoms with E-state index >= 15 is 0 Å². The maximum absolute atomic E-state index is 13.5. The van der Waals surface area contributed by atoms with Crippen molar-refractivity contribution in [3.8, 4) is 0 Å². The molecule has 3 heterocycles. The van der Waals surface area contributed by atoms with E-state index in [9.17, 15) is 19.6 Å². The monoisotopic (exact) mass is 525 g/mol. The number of fused-ring (bicyclic) bond motifs is 1. The molecule has 0 radical (unpaired) electrons. The highest BCUT2D eigenvalue weighted by Gasteiger charge is 2.48. The minimum absolute atomic E-state index is 0.0518. The molecule has 10 nitrogen and oxygen atoms in total. The molecule has 2 unspecified atom stereocenters. The van der Waals surface area contributed by atoms with Crippen molar-refractivity contribution in [3.05, 3.63) is 71.1 Å². The first kappa shape index (κ1) is 26.7. The Morgan fingerprint density at radius 1 is 1.22 bits per heavy atom. The normalized spacial score (nSPS) is 17.8. The predicted molar refractivity (Wildman–Crippen MR) is 140 cm³/mol. The fourth-order valence-corrected chi connectivity index (χ4v) is 4.55. The van der Waals surface area contributed by atoms with Crippen molar-refractivity contribution in [1.82, 2.24) is 20.0 Å². The van der Waals surface area contributed by atoms with E-state index in [4.69, 9.17) is 16.4 Å². The van der Waals surface area contributed by atoms with Gasteiger partial charge in [-0.25, -0.2) is 4.98 Å². The van der Waals surface area contributed by atoms with Gasteiger partial charge in [0, 0.05) is 19.0 Å². The number of hydrogen-bond donors (Lipinski definition) is 4. The summed E-state index contributed by atoms with van der Waals surface area (Å²) >= 11 is 6.10. The molecule has 12 heteroatoms. The van der Waals surface area contributed by atoms with Gasteiger partial charge in [-0.1, -0.05) is 60.9 Å². The second kappa shape index (κ2) is 11.3. The maximum Gasteiger partial charge on any atom is 0.475 e. The zero-order valence-corrected chi connectivity index (χ0v) is 21.4. The number of nitrogens with zero attached hydrogens (tertiary/aromatic N) is 3. The first-order valence-electron chi connectivity index (χ1n) is 12.0. The number of aromatic nitrogens is 2. The SMILES string of the molecule is CC(C)CC(NC(=O)C1(Cc2ccccc2)CC(CNC(=O)c2cccn3c(Cl)cnc23)=NO1)B(O)O. The fourth-order valence-electron chi connectivity index (χ4n) is 4.36. The molecule has 0 saturated carbocycles. The molecule has 1 aromatic carbocycles. The Morgan fingerprint density at radius 3 is 2.68 bits per heavy atom. The molecular formula is C25H29BClN5O5. The number of carbonyl (C=O) groups excluding carboxylic acids is 2. The maximum atomic E-state index is 13.5. The van der Waals surface area contributed by atoms with E-state index in [0.29, 0.717) is 28.5 Å². The summed E-state index contributed by atoms with van der Waals surface area (Å²) in [6.45, 7) is 3.90. The van der Waals surface area contributed by atoms with Gasteiger partial charge >= 0.3 is 7.12 Å². The van der Waals surface area contributed by atoms with Gasteiger partial charge in [0.25, 0.3) is 11.8 Å². The first-order valence-corrected chi connectivity index (χ1v) is 12.4. The Labute approximate surface area is 219 Å². The summed E-state index contributed by atoms with van der Waals surface area (Å²) in [6, 6.07) is 12.7. The molecule has 1 aliphatic rings. The van der Waals surface area contributed by atoms with Gasteiger partial charge in [-0.3, -0.25) is 14.0 Å². The standard InChI is InChI=1S/C25H29BClN5O5/c1-16(2)11-20(26(35)36)30-24(34)25(12-17-7-4-3-5-8-17)13-18(31-37-25)14-29-23(33)19-9-6-10-32-21(27)15-28-22(19)32/h3-10,15-16,20,35-36H,11-14H2,1-2H3,(H,29,33)(H,30,34). The molecular weight excluding hydrogens is 497 g/mol. The second-order valence-corrected chi connectivity index (χ2v) is 9.97. The summed E-state index contributed by atoms with van der Waals surface area (Å²) in [5.41, 5.74) is 0.688. The lowest BCUT2D eigenvalue weighted by Gasteiger charge is -2.29. The van der Waals surface area contributed by atoms with Crippen molar-refractivity contribution in [2.45, 2.75) is 44.7 Å². The highest BCUT2D eigenvalue weighted by molar-refractivity contribution is 6.43. The van der Waals surface area contributed by atoms with Crippen molar-refractivity contribution >= 4 is 41.9 Å². The van der Waals surface area contributed by atoms with Crippen molar-refractivity contribution in [2.24, 2.45) is 11.1 Å². The molecule has 2 amide bonds. The van der Waals surface area contributed by atoms with E-state index in [0.717, 1.165) is 5.56 Å². The number of amides is 2. The van der Waals surface area contributed by atoms with Crippen molar-refractivity contribution < 1.29 is 24.5 Å². The Balaban J connectivity index is 1.48. The topological polar surface area (TPSA) is 138 Å². The van der Waals surface area contributed by atoms with Crippen molar-refractivity contribution in [1.29, 1.82) is 0 Å². The summed E-state index contributed by atoms with van der Waals surface area (Å²) in [4.78, 5) is 36.3. The summed E-state index contributed by atoms with van der Waals surface area (Å²) < 4.78 is 1.60. The Bertz CT molecular complexity index is 1300. The third-order valence-corrected chi connectivity index (χ3v) is 6.46. The van der Waals surface area contributed by atoms with E-state index in [2.05, 4.69) is 20.8 Å². The van der Waals surface area contributed by atoms with Crippen LogP contribution in [0.3, 0.4) is 0 Å². The van der Waals surface area contributed by atoms with Crippen LogP contribution in [0.15, 0.2) is 60.0 Å². The van der Waals surface area contributed by atoms with Crippen LogP contribution in [0.4, 0.5) is 0 Å². The van der Waals surface area contributed by atoms with Crippen LogP contribution in [-0.2, 0) is 16.1 Å². The van der Waals surface area contributed by atoms with Crippen LogP contribution in [-0.4, -0.2) is 62.2 Å². The van der Waals surface area contributed by atoms with Crippen LogP contribution in [0.5, 0.6) is 0 Å². The zero-order chi connectivity index (χ0) is 26.6. The van der Waals surface area contributed by atoms with E-state index in [-0.39, 0.29) is 31.2 Å². The third-order valence-electron chi connectivity index (χ3n) is 6.18. The minimum atomic E-state index is -1.72. The van der Waals surface area contributed by atoms with Crippen LogP contribution < -0.4 is 10.6 Å². The number of oxime groups is 1. The number of benzene rings is 1. The largest absolute Gasteiger partial charge is 0.475 e. The van der Waals surface area contributed by atoms with Crippen LogP contribution in [0.2, 0.25) is 5.15 Å². The van der Waals surface area contributed by atoms with Gasteiger partial charge in [-0.05, 0) is 30.0 Å². The number of carbonyl (C=O) groups is 2. The van der Waals surface area contributed by atoms with Gasteiger partial charge in [0.2, 0.25) is 5.60 Å². The van der Waals surface area contributed by atoms with Crippen molar-refractivity contribution in [3.63, 3.8) is 0 Å². The molecule has 0 bridgehead atoms. The lowest BCUT2D eigenvalue weighted by Crippen LogP contribution is -2.56. The van der Waals surface area contributed by atoms with Gasteiger partial charge < -0.3 is 25.5 Å². The Hall–Kier alpha value is -3.41. The second-order valence-electron chi connectivity index (χ2n) is 9.58. The Kier molecular flexibility index (Phi) is 8.16. The number of pyridine rings is 1. The average Bonchev–Trinajstić information content (AvgIpc) is 3.46. The van der Waals surface area contributed by atoms with Gasteiger partial charge in [-0.2, -0.15) is 0 Å². The molecule has 37 heavy (non-hydrogen) atoms. The number of halogens is 1. The number of rotatable bonds is 10. The van der Waals surface area contributed by atoms with Crippen LogP contribution in [0.25, 0.3) is 5.65 Å². The molecule has 1 aliphatic heterocycles. The summed E-state index contributed by atoms with van der Waals surface area (Å²) in [5.74, 6) is -1.62. The summed E-state index contributed by atoms with van der Waals surface area (Å²) in [5, 5.41) is 29.7. The van der Waals surface area contributed by atoms with E-state index < -0.39 is 24.6 Å². The van der Waals surface area contributed by atoms with Crippen LogP contribution in [0.1, 0.15) is 42.6 Å². The highest BCUT2D eigenvalue weighted by Crippen LogP contribution is 2.29. The molecule has 2 aromatic heterocycles. The lowest BCUT2D eigenvalue weighted by atomic mass is 9.74. The lowest BCUT2D eigenvalue weighted by molar-refractivity contribution is -0.144. The highest BCUT2D eigenvalue weighted by atomic mass is 35.5. The molecule has 0 saturated heterocycles. The smallest absolute Gasteiger partial charge is 0.426 e. The minimum Gasteiger partial charge on any atom is -0.426 e. The molecule has 4 rings (SSSR count). The van der Waals surface area contributed by atoms with Crippen LogP contribution in [0, 0.1) is 5.92 Å².